The Labute approximate surface area is 110 Å². The van der Waals surface area contributed by atoms with Gasteiger partial charge in [-0.3, -0.25) is 4.79 Å². The normalized spacial score (nSPS) is 12.8. The van der Waals surface area contributed by atoms with Crippen molar-refractivity contribution in [1.29, 1.82) is 0 Å². The summed E-state index contributed by atoms with van der Waals surface area (Å²) in [7, 11) is 1.60. The number of para-hydroxylation sites is 1. The number of thiazole rings is 1. The SMILES string of the molecule is COCCC(N)C(=O)Cc1nc2ccccc2s1. The van der Waals surface area contributed by atoms with Gasteiger partial charge in [-0.15, -0.1) is 11.3 Å². The van der Waals surface area contributed by atoms with Crippen LogP contribution in [0.2, 0.25) is 0 Å². The van der Waals surface area contributed by atoms with Crippen molar-refractivity contribution in [2.45, 2.75) is 18.9 Å². The predicted molar refractivity (Wildman–Crippen MR) is 72.8 cm³/mol. The van der Waals surface area contributed by atoms with Gasteiger partial charge < -0.3 is 10.5 Å². The van der Waals surface area contributed by atoms with E-state index < -0.39 is 6.04 Å². The van der Waals surface area contributed by atoms with Crippen LogP contribution in [-0.2, 0) is 16.0 Å². The number of aromatic nitrogens is 1. The molecule has 0 aliphatic heterocycles. The Kier molecular flexibility index (Phi) is 4.41. The number of Topliss-reactive ketones (excluding diaryl/α,β-unsaturated/α-hetero) is 1. The smallest absolute Gasteiger partial charge is 0.156 e. The molecule has 2 aromatic rings. The van der Waals surface area contributed by atoms with E-state index in [0.29, 0.717) is 19.4 Å². The first-order valence-electron chi connectivity index (χ1n) is 5.82. The number of ether oxygens (including phenoxy) is 1. The summed E-state index contributed by atoms with van der Waals surface area (Å²) in [5, 5.41) is 0.828. The Balaban J connectivity index is 2.02. The van der Waals surface area contributed by atoms with E-state index in [1.807, 2.05) is 24.3 Å². The number of nitrogens with zero attached hydrogens (tertiary/aromatic N) is 1. The molecule has 1 heterocycles. The lowest BCUT2D eigenvalue weighted by molar-refractivity contribution is -0.120. The predicted octanol–water partition coefficient (Wildman–Crippen LogP) is 1.77. The molecule has 96 valence electrons. The zero-order chi connectivity index (χ0) is 13.0. The van der Waals surface area contributed by atoms with Crippen LogP contribution in [0.25, 0.3) is 10.2 Å². The number of ketones is 1. The largest absolute Gasteiger partial charge is 0.385 e. The summed E-state index contributed by atoms with van der Waals surface area (Å²) in [6.45, 7) is 0.507. The summed E-state index contributed by atoms with van der Waals surface area (Å²) in [4.78, 5) is 16.3. The van der Waals surface area contributed by atoms with Crippen molar-refractivity contribution in [3.05, 3.63) is 29.3 Å². The van der Waals surface area contributed by atoms with Crippen molar-refractivity contribution in [1.82, 2.24) is 4.98 Å². The van der Waals surface area contributed by atoms with E-state index in [0.717, 1.165) is 15.2 Å². The van der Waals surface area contributed by atoms with Gasteiger partial charge in [-0.2, -0.15) is 0 Å². The number of benzene rings is 1. The number of rotatable bonds is 6. The number of carbonyl (C=O) groups is 1. The van der Waals surface area contributed by atoms with Crippen LogP contribution in [0.1, 0.15) is 11.4 Å². The Hall–Kier alpha value is -1.30. The maximum Gasteiger partial charge on any atom is 0.156 e. The summed E-state index contributed by atoms with van der Waals surface area (Å²) in [6, 6.07) is 7.40. The van der Waals surface area contributed by atoms with Gasteiger partial charge in [0.15, 0.2) is 5.78 Å². The van der Waals surface area contributed by atoms with Crippen LogP contribution >= 0.6 is 11.3 Å². The van der Waals surface area contributed by atoms with Gasteiger partial charge in [0, 0.05) is 13.7 Å². The minimum atomic E-state index is -0.461. The van der Waals surface area contributed by atoms with Crippen LogP contribution < -0.4 is 5.73 Å². The Morgan fingerprint density at radius 2 is 2.28 bits per heavy atom. The molecule has 18 heavy (non-hydrogen) atoms. The molecular weight excluding hydrogens is 248 g/mol. The highest BCUT2D eigenvalue weighted by atomic mass is 32.1. The number of hydrogen-bond acceptors (Lipinski definition) is 5. The fourth-order valence-corrected chi connectivity index (χ4v) is 2.66. The first-order chi connectivity index (χ1) is 8.70. The molecule has 0 fully saturated rings. The lowest BCUT2D eigenvalue weighted by atomic mass is 10.1. The fourth-order valence-electron chi connectivity index (χ4n) is 1.68. The van der Waals surface area contributed by atoms with Gasteiger partial charge >= 0.3 is 0 Å². The maximum atomic E-state index is 11.9. The monoisotopic (exact) mass is 264 g/mol. The van der Waals surface area contributed by atoms with Gasteiger partial charge in [0.1, 0.15) is 5.01 Å². The van der Waals surface area contributed by atoms with Crippen LogP contribution in [0.3, 0.4) is 0 Å². The van der Waals surface area contributed by atoms with E-state index in [1.165, 1.54) is 0 Å². The molecule has 0 saturated heterocycles. The first kappa shape index (κ1) is 13.1. The number of hydrogen-bond donors (Lipinski definition) is 1. The van der Waals surface area contributed by atoms with Crippen molar-refractivity contribution < 1.29 is 9.53 Å². The summed E-state index contributed by atoms with van der Waals surface area (Å²) in [5.41, 5.74) is 6.73. The van der Waals surface area contributed by atoms with Crippen LogP contribution in [0, 0.1) is 0 Å². The highest BCUT2D eigenvalue weighted by Gasteiger charge is 2.15. The van der Waals surface area contributed by atoms with E-state index in [-0.39, 0.29) is 5.78 Å². The summed E-state index contributed by atoms with van der Waals surface area (Å²) < 4.78 is 6.02. The Bertz CT molecular complexity index is 506. The van der Waals surface area contributed by atoms with Crippen molar-refractivity contribution in [2.75, 3.05) is 13.7 Å². The van der Waals surface area contributed by atoms with Crippen LogP contribution in [0.5, 0.6) is 0 Å². The standard InChI is InChI=1S/C13H16N2O2S/c1-17-7-6-9(14)11(16)8-13-15-10-4-2-3-5-12(10)18-13/h2-5,9H,6-8,14H2,1H3. The quantitative estimate of drug-likeness (QED) is 0.863. The molecule has 0 saturated carbocycles. The van der Waals surface area contributed by atoms with Gasteiger partial charge in [0.25, 0.3) is 0 Å². The van der Waals surface area contributed by atoms with E-state index >= 15 is 0 Å². The molecule has 0 aliphatic rings. The zero-order valence-electron chi connectivity index (χ0n) is 10.3. The zero-order valence-corrected chi connectivity index (χ0v) is 11.1. The fraction of sp³-hybridized carbons (Fsp3) is 0.385. The second kappa shape index (κ2) is 6.04. The minimum absolute atomic E-state index is 0.0195. The van der Waals surface area contributed by atoms with Gasteiger partial charge in [-0.05, 0) is 18.6 Å². The second-order valence-electron chi connectivity index (χ2n) is 4.11. The van der Waals surface area contributed by atoms with Gasteiger partial charge in [0.2, 0.25) is 0 Å². The molecule has 2 N–H and O–H groups in total. The van der Waals surface area contributed by atoms with E-state index in [2.05, 4.69) is 4.98 Å². The molecule has 2 rings (SSSR count). The molecule has 1 aromatic carbocycles. The minimum Gasteiger partial charge on any atom is -0.385 e. The first-order valence-corrected chi connectivity index (χ1v) is 6.64. The molecule has 0 radical (unpaired) electrons. The van der Waals surface area contributed by atoms with Crippen molar-refractivity contribution in [2.24, 2.45) is 5.73 Å². The molecule has 0 bridgehead atoms. The third-order valence-electron chi connectivity index (χ3n) is 2.71. The maximum absolute atomic E-state index is 11.9. The average Bonchev–Trinajstić information content (AvgIpc) is 2.77. The lowest BCUT2D eigenvalue weighted by Crippen LogP contribution is -2.32. The second-order valence-corrected chi connectivity index (χ2v) is 5.22. The van der Waals surface area contributed by atoms with Crippen molar-refractivity contribution in [3.8, 4) is 0 Å². The highest BCUT2D eigenvalue weighted by molar-refractivity contribution is 7.18. The van der Waals surface area contributed by atoms with E-state index in [1.54, 1.807) is 18.4 Å². The van der Waals surface area contributed by atoms with Gasteiger partial charge in [-0.1, -0.05) is 12.1 Å². The number of carbonyl (C=O) groups excluding carboxylic acids is 1. The van der Waals surface area contributed by atoms with E-state index in [4.69, 9.17) is 10.5 Å². The molecule has 5 heteroatoms. The Morgan fingerprint density at radius 3 is 3.00 bits per heavy atom. The molecule has 0 amide bonds. The number of methoxy groups -OCH3 is 1. The summed E-state index contributed by atoms with van der Waals surface area (Å²) in [6.07, 6.45) is 0.866. The molecule has 1 unspecified atom stereocenters. The van der Waals surface area contributed by atoms with E-state index in [9.17, 15) is 4.79 Å². The molecule has 0 aliphatic carbocycles. The topological polar surface area (TPSA) is 65.2 Å². The van der Waals surface area contributed by atoms with Gasteiger partial charge in [-0.25, -0.2) is 4.98 Å². The van der Waals surface area contributed by atoms with Crippen molar-refractivity contribution >= 4 is 27.3 Å². The van der Waals surface area contributed by atoms with Gasteiger partial charge in [0.05, 0.1) is 22.7 Å². The number of fused-ring (bicyclic) bond motifs is 1. The van der Waals surface area contributed by atoms with Crippen molar-refractivity contribution in [3.63, 3.8) is 0 Å². The molecule has 0 spiro atoms. The van der Waals surface area contributed by atoms with Crippen LogP contribution in [0.4, 0.5) is 0 Å². The third kappa shape index (κ3) is 3.13. The lowest BCUT2D eigenvalue weighted by Gasteiger charge is -2.08. The summed E-state index contributed by atoms with van der Waals surface area (Å²) in [5.74, 6) is 0.0195. The van der Waals surface area contributed by atoms with Crippen LogP contribution in [-0.4, -0.2) is 30.5 Å². The molecule has 1 aromatic heterocycles. The number of nitrogens with two attached hydrogens (primary N) is 1. The summed E-state index contributed by atoms with van der Waals surface area (Å²) >= 11 is 1.55. The molecule has 4 nitrogen and oxygen atoms in total. The highest BCUT2D eigenvalue weighted by Crippen LogP contribution is 2.22. The Morgan fingerprint density at radius 1 is 1.50 bits per heavy atom. The molecule has 1 atom stereocenters. The average molecular weight is 264 g/mol. The van der Waals surface area contributed by atoms with Crippen LogP contribution in [0.15, 0.2) is 24.3 Å². The third-order valence-corrected chi connectivity index (χ3v) is 3.75. The molecular formula is C13H16N2O2S.